The number of nitrogens with zero attached hydrogens (tertiary/aromatic N) is 2. The van der Waals surface area contributed by atoms with Gasteiger partial charge in [-0.05, 0) is 18.2 Å². The Kier molecular flexibility index (Phi) is 7.34. The molecule has 3 aromatic rings. The van der Waals surface area contributed by atoms with E-state index in [9.17, 15) is 18.7 Å². The van der Waals surface area contributed by atoms with E-state index in [1.54, 1.807) is 11.0 Å². The maximum atomic E-state index is 13.3. The number of nitrogens with one attached hydrogen (secondary N) is 2. The summed E-state index contributed by atoms with van der Waals surface area (Å²) in [5, 5.41) is 14.1. The molecule has 7 nitrogen and oxygen atoms in total. The van der Waals surface area contributed by atoms with Crippen LogP contribution in [0.3, 0.4) is 0 Å². The van der Waals surface area contributed by atoms with Crippen LogP contribution in [0.5, 0.6) is 5.75 Å². The van der Waals surface area contributed by atoms with E-state index in [0.717, 1.165) is 5.69 Å². The first-order valence-corrected chi connectivity index (χ1v) is 12.0. The second-order valence-electron chi connectivity index (χ2n) is 9.16. The highest BCUT2D eigenvalue weighted by atomic mass is 32.1. The number of alkyl halides is 2. The molecule has 3 N–H and O–H groups in total. The number of hydrogen-bond donors (Lipinski definition) is 4. The Balaban J connectivity index is 1.81. The molecule has 1 aliphatic heterocycles. The van der Waals surface area contributed by atoms with Gasteiger partial charge in [0.25, 0.3) is 6.43 Å². The fourth-order valence-corrected chi connectivity index (χ4v) is 4.72. The van der Waals surface area contributed by atoms with Crippen LogP contribution in [0.2, 0.25) is 0 Å². The molecule has 2 aromatic heterocycles. The summed E-state index contributed by atoms with van der Waals surface area (Å²) in [4.78, 5) is 22.3. The van der Waals surface area contributed by atoms with Crippen LogP contribution in [0, 0.1) is 0 Å². The number of halogens is 2. The Bertz CT molecular complexity index is 1240. The number of aliphatic hydroxyl groups is 1. The van der Waals surface area contributed by atoms with Gasteiger partial charge in [0.15, 0.2) is 5.78 Å². The van der Waals surface area contributed by atoms with Gasteiger partial charge in [-0.1, -0.05) is 39.0 Å². The molecule has 0 aliphatic carbocycles. The van der Waals surface area contributed by atoms with Crippen LogP contribution in [0.4, 0.5) is 20.2 Å². The van der Waals surface area contributed by atoms with E-state index in [-0.39, 0.29) is 34.5 Å². The zero-order valence-electron chi connectivity index (χ0n) is 19.7. The fraction of sp³-hybridized carbons (Fsp3) is 0.320. The molecule has 0 bridgehead atoms. The molecular formula is C25H28F2N4O3S. The molecule has 0 saturated heterocycles. The van der Waals surface area contributed by atoms with Crippen molar-refractivity contribution in [1.82, 2.24) is 14.9 Å². The van der Waals surface area contributed by atoms with Gasteiger partial charge < -0.3 is 20.1 Å². The van der Waals surface area contributed by atoms with Crippen LogP contribution in [-0.2, 0) is 6.54 Å². The van der Waals surface area contributed by atoms with Crippen molar-refractivity contribution >= 4 is 33.7 Å². The summed E-state index contributed by atoms with van der Waals surface area (Å²) in [5.74, 6) is -0.000537. The highest BCUT2D eigenvalue weighted by Crippen LogP contribution is 2.41. The zero-order valence-corrected chi connectivity index (χ0v) is 20.6. The number of anilines is 2. The molecular weight excluding hydrogens is 474 g/mol. The minimum atomic E-state index is -2.64. The highest BCUT2D eigenvalue weighted by Gasteiger charge is 2.33. The molecule has 0 saturated carbocycles. The SMILES string of the molecule is CC(C)(C)[SH]=C(O)N1CC(=O)c2c([nH]c(-c3ccncc3OCC(F)F)c2Nc2ccccc2)C1. The minimum Gasteiger partial charge on any atom is -0.485 e. The van der Waals surface area contributed by atoms with Gasteiger partial charge in [0, 0.05) is 34.4 Å². The number of carbonyl (C=O) groups excluding carboxylic acids is 1. The number of para-hydroxylation sites is 1. The smallest absolute Gasteiger partial charge is 0.272 e. The summed E-state index contributed by atoms with van der Waals surface area (Å²) in [7, 11) is 0. The monoisotopic (exact) mass is 502 g/mol. The van der Waals surface area contributed by atoms with Gasteiger partial charge in [-0.2, -0.15) is 11.4 Å². The van der Waals surface area contributed by atoms with E-state index in [4.69, 9.17) is 4.74 Å². The first-order valence-electron chi connectivity index (χ1n) is 11.1. The summed E-state index contributed by atoms with van der Waals surface area (Å²) in [6, 6.07) is 11.0. The number of aliphatic hydroxyl groups excluding tert-OH is 1. The Morgan fingerprint density at radius 2 is 2.00 bits per heavy atom. The molecule has 10 heteroatoms. The molecule has 0 amide bonds. The van der Waals surface area contributed by atoms with Crippen molar-refractivity contribution in [2.75, 3.05) is 18.5 Å². The molecule has 1 aromatic carbocycles. The van der Waals surface area contributed by atoms with Crippen molar-refractivity contribution in [3.8, 4) is 17.0 Å². The summed E-state index contributed by atoms with van der Waals surface area (Å²) in [6.45, 7) is 5.54. The van der Waals surface area contributed by atoms with Gasteiger partial charge >= 0.3 is 0 Å². The Labute approximate surface area is 206 Å². The number of benzene rings is 1. The Morgan fingerprint density at radius 1 is 1.26 bits per heavy atom. The number of pyridine rings is 1. The van der Waals surface area contributed by atoms with Gasteiger partial charge in [-0.3, -0.25) is 9.78 Å². The molecule has 35 heavy (non-hydrogen) atoms. The lowest BCUT2D eigenvalue weighted by Gasteiger charge is -2.27. The van der Waals surface area contributed by atoms with E-state index in [1.807, 2.05) is 51.1 Å². The minimum absolute atomic E-state index is 0.0216. The number of thiol groups is 1. The van der Waals surface area contributed by atoms with Crippen molar-refractivity contribution in [3.05, 3.63) is 60.0 Å². The number of rotatable bonds is 6. The van der Waals surface area contributed by atoms with Gasteiger partial charge in [0.1, 0.15) is 17.5 Å². The van der Waals surface area contributed by atoms with Crippen LogP contribution >= 0.6 is 11.4 Å². The van der Waals surface area contributed by atoms with Gasteiger partial charge in [-0.15, -0.1) is 0 Å². The number of Topliss-reactive ketones (excluding diaryl/α,β-unsaturated/α-hetero) is 1. The first kappa shape index (κ1) is 25.0. The molecule has 0 unspecified atom stereocenters. The van der Waals surface area contributed by atoms with Crippen molar-refractivity contribution in [1.29, 1.82) is 0 Å². The topological polar surface area (TPSA) is 90.5 Å². The van der Waals surface area contributed by atoms with E-state index in [2.05, 4.69) is 15.3 Å². The van der Waals surface area contributed by atoms with Crippen molar-refractivity contribution in [3.63, 3.8) is 0 Å². The Hall–Kier alpha value is -3.08. The number of fused-ring (bicyclic) bond motifs is 1. The first-order chi connectivity index (χ1) is 16.6. The molecule has 186 valence electrons. The number of ketones is 1. The maximum absolute atomic E-state index is 13.3. The number of hydrogen-bond acceptors (Lipinski definition) is 4. The number of ether oxygens (including phenoxy) is 1. The molecule has 0 spiro atoms. The molecule has 4 rings (SSSR count). The van der Waals surface area contributed by atoms with Crippen molar-refractivity contribution in [2.24, 2.45) is 0 Å². The maximum Gasteiger partial charge on any atom is 0.272 e. The normalized spacial score (nSPS) is 15.1. The number of aromatic nitrogens is 2. The lowest BCUT2D eigenvalue weighted by Crippen LogP contribution is -2.39. The zero-order chi connectivity index (χ0) is 25.2. The second kappa shape index (κ2) is 10.3. The van der Waals surface area contributed by atoms with Crippen molar-refractivity contribution in [2.45, 2.75) is 38.5 Å². The quantitative estimate of drug-likeness (QED) is 0.268. The highest BCUT2D eigenvalue weighted by molar-refractivity contribution is 7.99. The number of H-pyrrole nitrogens is 1. The van der Waals surface area contributed by atoms with Crippen LogP contribution in [0.1, 0.15) is 36.8 Å². The third-order valence-electron chi connectivity index (χ3n) is 5.22. The van der Waals surface area contributed by atoms with E-state index in [0.29, 0.717) is 39.6 Å². The largest absolute Gasteiger partial charge is 0.485 e. The third kappa shape index (κ3) is 5.95. The number of aromatic amines is 1. The average molecular weight is 503 g/mol. The van der Waals surface area contributed by atoms with Gasteiger partial charge in [0.05, 0.1) is 29.7 Å². The molecule has 1 aliphatic rings. The summed E-state index contributed by atoms with van der Waals surface area (Å²) in [6.07, 6.45) is 0.268. The lowest BCUT2D eigenvalue weighted by molar-refractivity contribution is 0.0820. The molecule has 0 atom stereocenters. The third-order valence-corrected chi connectivity index (χ3v) is 6.37. The summed E-state index contributed by atoms with van der Waals surface area (Å²) >= 11 is 0.710. The van der Waals surface area contributed by atoms with E-state index < -0.39 is 13.0 Å². The Morgan fingerprint density at radius 3 is 2.69 bits per heavy atom. The van der Waals surface area contributed by atoms with Crippen LogP contribution in [0.25, 0.3) is 11.3 Å². The summed E-state index contributed by atoms with van der Waals surface area (Å²) < 4.78 is 30.9. The molecule has 0 radical (unpaired) electrons. The average Bonchev–Trinajstić information content (AvgIpc) is 3.16. The van der Waals surface area contributed by atoms with Crippen LogP contribution < -0.4 is 10.1 Å². The second-order valence-corrected chi connectivity index (χ2v) is 11.1. The van der Waals surface area contributed by atoms with E-state index >= 15 is 0 Å². The van der Waals surface area contributed by atoms with Gasteiger partial charge in [-0.25, -0.2) is 13.7 Å². The standard InChI is InChI=1S/C25H28F2N4O3S/c1-25(2,3)35-24(33)31-12-17-21(18(32)13-31)23(29-15-7-5-4-6-8-15)22(30-17)16-9-10-28-11-19(16)34-14-20(26)27/h4-11,20,29-30,33,35H,12-14H2,1-3H3. The predicted octanol–water partition coefficient (Wildman–Crippen LogP) is 5.37. The summed E-state index contributed by atoms with van der Waals surface area (Å²) in [5.41, 5.74) is 3.38. The van der Waals surface area contributed by atoms with E-state index in [1.165, 1.54) is 12.4 Å². The molecule has 0 fully saturated rings. The van der Waals surface area contributed by atoms with Crippen LogP contribution in [0.15, 0.2) is 48.8 Å². The number of carbonyl (C=O) groups is 1. The van der Waals surface area contributed by atoms with Crippen LogP contribution in [-0.4, -0.2) is 55.3 Å². The molecule has 3 heterocycles. The van der Waals surface area contributed by atoms with Gasteiger partial charge in [0.2, 0.25) is 0 Å². The lowest BCUT2D eigenvalue weighted by atomic mass is 10.0. The fourth-order valence-electron chi connectivity index (χ4n) is 3.84. The predicted molar refractivity (Wildman–Crippen MR) is 136 cm³/mol. The van der Waals surface area contributed by atoms with Crippen molar-refractivity contribution < 1.29 is 23.4 Å².